The molecular formula is C25H30ClNO5. The Balaban J connectivity index is 1.93. The molecule has 7 heteroatoms. The molecule has 0 aromatic heterocycles. The Labute approximate surface area is 194 Å². The topological polar surface area (TPSA) is 73.9 Å². The number of esters is 1. The zero-order valence-electron chi connectivity index (χ0n) is 18.8. The quantitative estimate of drug-likeness (QED) is 0.536. The second-order valence-corrected chi connectivity index (χ2v) is 8.30. The van der Waals surface area contributed by atoms with Crippen molar-refractivity contribution in [2.45, 2.75) is 51.6 Å². The van der Waals surface area contributed by atoms with E-state index in [0.29, 0.717) is 42.5 Å². The molecule has 1 fully saturated rings. The standard InChI is InChI=1S/C25H30ClNO5/c1-4-17(3)32-22-11-10-18(16-19(22)23(28)31-5-2)27-24(29)25(12-14-30-15-13-25)20-8-6-7-9-21(20)26/h6-11,16-17H,4-5,12-15H2,1-3H3,(H,27,29)/t17-/m0/s1. The van der Waals surface area contributed by atoms with Crippen LogP contribution in [0, 0.1) is 0 Å². The molecule has 172 valence electrons. The lowest BCUT2D eigenvalue weighted by atomic mass is 9.73. The molecule has 0 radical (unpaired) electrons. The first-order valence-electron chi connectivity index (χ1n) is 11.0. The van der Waals surface area contributed by atoms with Crippen molar-refractivity contribution in [3.63, 3.8) is 0 Å². The van der Waals surface area contributed by atoms with Gasteiger partial charge in [0.25, 0.3) is 0 Å². The molecule has 0 saturated carbocycles. The molecule has 0 bridgehead atoms. The largest absolute Gasteiger partial charge is 0.490 e. The van der Waals surface area contributed by atoms with Crippen LogP contribution in [0.1, 0.15) is 56.0 Å². The van der Waals surface area contributed by atoms with Crippen molar-refractivity contribution in [3.05, 3.63) is 58.6 Å². The van der Waals surface area contributed by atoms with E-state index in [9.17, 15) is 9.59 Å². The minimum absolute atomic E-state index is 0.0608. The number of carbonyl (C=O) groups is 2. The Morgan fingerprint density at radius 1 is 1.16 bits per heavy atom. The fourth-order valence-electron chi connectivity index (χ4n) is 3.82. The lowest BCUT2D eigenvalue weighted by Crippen LogP contribution is -2.45. The van der Waals surface area contributed by atoms with E-state index in [1.165, 1.54) is 0 Å². The predicted molar refractivity (Wildman–Crippen MR) is 125 cm³/mol. The summed E-state index contributed by atoms with van der Waals surface area (Å²) < 4.78 is 16.6. The predicted octanol–water partition coefficient (Wildman–Crippen LogP) is 5.38. The molecule has 1 aliphatic heterocycles. The molecule has 1 aliphatic rings. The normalized spacial score (nSPS) is 16.1. The molecule has 0 aliphatic carbocycles. The number of anilines is 1. The Morgan fingerprint density at radius 3 is 2.53 bits per heavy atom. The molecule has 1 saturated heterocycles. The molecular weight excluding hydrogens is 430 g/mol. The number of rotatable bonds is 8. The lowest BCUT2D eigenvalue weighted by Gasteiger charge is -2.36. The van der Waals surface area contributed by atoms with Crippen LogP contribution in [0.5, 0.6) is 5.75 Å². The van der Waals surface area contributed by atoms with Gasteiger partial charge in [-0.1, -0.05) is 36.7 Å². The Morgan fingerprint density at radius 2 is 1.88 bits per heavy atom. The summed E-state index contributed by atoms with van der Waals surface area (Å²) in [4.78, 5) is 26.1. The Kier molecular flexibility index (Phi) is 8.15. The third-order valence-corrected chi connectivity index (χ3v) is 6.14. The fourth-order valence-corrected chi connectivity index (χ4v) is 4.13. The highest BCUT2D eigenvalue weighted by Gasteiger charge is 2.43. The summed E-state index contributed by atoms with van der Waals surface area (Å²) >= 11 is 6.48. The number of amides is 1. The summed E-state index contributed by atoms with van der Waals surface area (Å²) in [5.41, 5.74) is 0.744. The molecule has 1 atom stereocenters. The molecule has 1 heterocycles. The zero-order chi connectivity index (χ0) is 23.1. The van der Waals surface area contributed by atoms with Crippen molar-refractivity contribution >= 4 is 29.2 Å². The van der Waals surface area contributed by atoms with Crippen LogP contribution in [0.15, 0.2) is 42.5 Å². The summed E-state index contributed by atoms with van der Waals surface area (Å²) in [6.07, 6.45) is 1.77. The Hall–Kier alpha value is -2.57. The van der Waals surface area contributed by atoms with E-state index in [1.807, 2.05) is 32.0 Å². The summed E-state index contributed by atoms with van der Waals surface area (Å²) in [6.45, 7) is 6.86. The smallest absolute Gasteiger partial charge is 0.341 e. The van der Waals surface area contributed by atoms with Crippen LogP contribution in [-0.2, 0) is 19.7 Å². The Bertz CT molecular complexity index is 955. The molecule has 2 aromatic carbocycles. The van der Waals surface area contributed by atoms with Gasteiger partial charge < -0.3 is 19.5 Å². The average Bonchev–Trinajstić information content (AvgIpc) is 2.80. The van der Waals surface area contributed by atoms with Crippen molar-refractivity contribution in [2.75, 3.05) is 25.1 Å². The molecule has 3 rings (SSSR count). The molecule has 1 amide bonds. The highest BCUT2D eigenvalue weighted by atomic mass is 35.5. The van der Waals surface area contributed by atoms with Crippen molar-refractivity contribution in [2.24, 2.45) is 0 Å². The maximum Gasteiger partial charge on any atom is 0.341 e. The van der Waals surface area contributed by atoms with E-state index in [4.69, 9.17) is 25.8 Å². The van der Waals surface area contributed by atoms with Gasteiger partial charge in [-0.05, 0) is 62.9 Å². The van der Waals surface area contributed by atoms with Gasteiger partial charge in [0.05, 0.1) is 18.1 Å². The van der Waals surface area contributed by atoms with Gasteiger partial charge in [0.1, 0.15) is 11.3 Å². The third kappa shape index (κ3) is 5.25. The van der Waals surface area contributed by atoms with Crippen LogP contribution in [0.25, 0.3) is 0 Å². The van der Waals surface area contributed by atoms with Gasteiger partial charge in [-0.25, -0.2) is 4.79 Å². The first kappa shape index (κ1) is 24.1. The lowest BCUT2D eigenvalue weighted by molar-refractivity contribution is -0.125. The maximum absolute atomic E-state index is 13.6. The van der Waals surface area contributed by atoms with Gasteiger partial charge in [-0.2, -0.15) is 0 Å². The van der Waals surface area contributed by atoms with E-state index in [-0.39, 0.29) is 24.2 Å². The molecule has 6 nitrogen and oxygen atoms in total. The number of hydrogen-bond acceptors (Lipinski definition) is 5. The summed E-state index contributed by atoms with van der Waals surface area (Å²) in [5, 5.41) is 3.54. The molecule has 0 unspecified atom stereocenters. The van der Waals surface area contributed by atoms with Crippen LogP contribution in [0.4, 0.5) is 5.69 Å². The van der Waals surface area contributed by atoms with Crippen molar-refractivity contribution in [1.82, 2.24) is 0 Å². The minimum Gasteiger partial charge on any atom is -0.490 e. The first-order chi connectivity index (χ1) is 15.4. The number of ether oxygens (including phenoxy) is 3. The second-order valence-electron chi connectivity index (χ2n) is 7.90. The van der Waals surface area contributed by atoms with E-state index in [2.05, 4.69) is 5.32 Å². The average molecular weight is 460 g/mol. The third-order valence-electron chi connectivity index (χ3n) is 5.81. The summed E-state index contributed by atoms with van der Waals surface area (Å²) in [7, 11) is 0. The van der Waals surface area contributed by atoms with Crippen molar-refractivity contribution in [1.29, 1.82) is 0 Å². The van der Waals surface area contributed by atoms with E-state index >= 15 is 0 Å². The number of nitrogens with one attached hydrogen (secondary N) is 1. The number of halogens is 1. The van der Waals surface area contributed by atoms with Gasteiger partial charge in [-0.3, -0.25) is 4.79 Å². The molecule has 32 heavy (non-hydrogen) atoms. The second kappa shape index (κ2) is 10.8. The monoisotopic (exact) mass is 459 g/mol. The molecule has 2 aromatic rings. The van der Waals surface area contributed by atoms with E-state index in [1.54, 1.807) is 31.2 Å². The zero-order valence-corrected chi connectivity index (χ0v) is 19.5. The van der Waals surface area contributed by atoms with Crippen LogP contribution >= 0.6 is 11.6 Å². The van der Waals surface area contributed by atoms with Crippen molar-refractivity contribution < 1.29 is 23.8 Å². The fraction of sp³-hybridized carbons (Fsp3) is 0.440. The summed E-state index contributed by atoms with van der Waals surface area (Å²) in [6, 6.07) is 12.4. The van der Waals surface area contributed by atoms with E-state index in [0.717, 1.165) is 12.0 Å². The number of hydrogen-bond donors (Lipinski definition) is 1. The summed E-state index contributed by atoms with van der Waals surface area (Å²) in [5.74, 6) is -0.240. The molecule has 0 spiro atoms. The van der Waals surface area contributed by atoms with Gasteiger partial charge in [0.2, 0.25) is 5.91 Å². The highest BCUT2D eigenvalue weighted by Crippen LogP contribution is 2.40. The minimum atomic E-state index is -0.813. The number of benzene rings is 2. The van der Waals surface area contributed by atoms with Crippen LogP contribution in [0.2, 0.25) is 5.02 Å². The van der Waals surface area contributed by atoms with Crippen molar-refractivity contribution in [3.8, 4) is 5.75 Å². The number of carbonyl (C=O) groups excluding carboxylic acids is 2. The van der Waals surface area contributed by atoms with Gasteiger partial charge in [0, 0.05) is 23.9 Å². The van der Waals surface area contributed by atoms with Gasteiger partial charge >= 0.3 is 5.97 Å². The molecule has 1 N–H and O–H groups in total. The highest BCUT2D eigenvalue weighted by molar-refractivity contribution is 6.31. The SMILES string of the molecule is CCOC(=O)c1cc(NC(=O)C2(c3ccccc3Cl)CCOCC2)ccc1O[C@@H](C)CC. The van der Waals surface area contributed by atoms with Crippen LogP contribution in [-0.4, -0.2) is 37.8 Å². The van der Waals surface area contributed by atoms with Gasteiger partial charge in [0.15, 0.2) is 0 Å². The maximum atomic E-state index is 13.6. The van der Waals surface area contributed by atoms with Crippen LogP contribution in [0.3, 0.4) is 0 Å². The van der Waals surface area contributed by atoms with E-state index < -0.39 is 11.4 Å². The first-order valence-corrected chi connectivity index (χ1v) is 11.4. The van der Waals surface area contributed by atoms with Crippen LogP contribution < -0.4 is 10.1 Å². The van der Waals surface area contributed by atoms with Gasteiger partial charge in [-0.15, -0.1) is 0 Å².